The number of nitrogens with zero attached hydrogens (tertiary/aromatic N) is 4. The lowest BCUT2D eigenvalue weighted by molar-refractivity contribution is 0.0467. The number of hydrogen-bond donors (Lipinski definition) is 0. The molecule has 152 valence electrons. The highest BCUT2D eigenvalue weighted by Gasteiger charge is 2.18. The Balaban J connectivity index is 1.35. The second-order valence-electron chi connectivity index (χ2n) is 7.11. The van der Waals surface area contributed by atoms with Crippen LogP contribution in [0.3, 0.4) is 0 Å². The summed E-state index contributed by atoms with van der Waals surface area (Å²) in [4.78, 5) is 25.9. The Kier molecular flexibility index (Phi) is 3.95. The highest BCUT2D eigenvalue weighted by molar-refractivity contribution is 7.33. The van der Waals surface area contributed by atoms with Gasteiger partial charge in [0.25, 0.3) is 5.56 Å². The summed E-state index contributed by atoms with van der Waals surface area (Å²) in [5.41, 5.74) is 0.532. The fourth-order valence-electron chi connectivity index (χ4n) is 3.79. The summed E-state index contributed by atoms with van der Waals surface area (Å²) < 4.78 is 12.2. The van der Waals surface area contributed by atoms with Gasteiger partial charge >= 0.3 is 5.97 Å². The first kappa shape index (κ1) is 18.2. The number of aryl methyl sites for hydroxylation is 1. The largest absolute Gasteiger partial charge is 0.453 e. The first-order chi connectivity index (χ1) is 15.1. The second-order valence-corrected chi connectivity index (χ2v) is 9.25. The third-order valence-corrected chi connectivity index (χ3v) is 7.67. The minimum Gasteiger partial charge on any atom is -0.453 e. The van der Waals surface area contributed by atoms with Gasteiger partial charge in [-0.2, -0.15) is 0 Å². The molecular formula is C22H14N4O3S2. The van der Waals surface area contributed by atoms with Crippen LogP contribution in [0.4, 0.5) is 0 Å². The monoisotopic (exact) mass is 446 g/mol. The highest BCUT2D eigenvalue weighted by Crippen LogP contribution is 2.39. The number of aromatic nitrogens is 4. The van der Waals surface area contributed by atoms with Crippen molar-refractivity contribution in [2.75, 3.05) is 0 Å². The van der Waals surface area contributed by atoms with E-state index in [1.54, 1.807) is 28.9 Å². The molecule has 0 saturated carbocycles. The van der Waals surface area contributed by atoms with E-state index in [-0.39, 0.29) is 12.2 Å². The summed E-state index contributed by atoms with van der Waals surface area (Å²) in [7, 11) is 1.65. The minimum atomic E-state index is -0.400. The number of ether oxygens (including phenoxy) is 1. The molecule has 0 aliphatic carbocycles. The number of hydrogen-bond acceptors (Lipinski definition) is 7. The van der Waals surface area contributed by atoms with Gasteiger partial charge in [-0.3, -0.25) is 13.8 Å². The molecule has 7 nitrogen and oxygen atoms in total. The fraction of sp³-hybridized carbons (Fsp3) is 0.0909. The van der Waals surface area contributed by atoms with E-state index in [0.717, 1.165) is 14.8 Å². The Morgan fingerprint density at radius 3 is 2.65 bits per heavy atom. The number of rotatable bonds is 3. The summed E-state index contributed by atoms with van der Waals surface area (Å²) in [6.45, 7) is -0.0471. The summed E-state index contributed by atoms with van der Waals surface area (Å²) in [5.74, 6) is 0.459. The Morgan fingerprint density at radius 1 is 1.00 bits per heavy atom. The van der Waals surface area contributed by atoms with Gasteiger partial charge in [0.15, 0.2) is 12.4 Å². The van der Waals surface area contributed by atoms with Crippen LogP contribution in [-0.4, -0.2) is 25.1 Å². The Morgan fingerprint density at radius 2 is 1.77 bits per heavy atom. The Labute approximate surface area is 182 Å². The minimum absolute atomic E-state index is 0.0471. The molecule has 0 bridgehead atoms. The summed E-state index contributed by atoms with van der Waals surface area (Å²) >= 11 is 3.10. The van der Waals surface area contributed by atoms with Crippen molar-refractivity contribution in [2.45, 2.75) is 6.61 Å². The van der Waals surface area contributed by atoms with Crippen molar-refractivity contribution in [1.82, 2.24) is 19.2 Å². The molecule has 0 N–H and O–H groups in total. The van der Waals surface area contributed by atoms with Crippen molar-refractivity contribution in [3.05, 3.63) is 75.7 Å². The fourth-order valence-corrected chi connectivity index (χ4v) is 6.21. The van der Waals surface area contributed by atoms with Gasteiger partial charge in [-0.05, 0) is 24.3 Å². The van der Waals surface area contributed by atoms with E-state index in [0.29, 0.717) is 27.4 Å². The van der Waals surface area contributed by atoms with Crippen LogP contribution in [0.5, 0.6) is 0 Å². The second kappa shape index (κ2) is 6.73. The molecule has 0 saturated heterocycles. The molecule has 4 heterocycles. The first-order valence-corrected chi connectivity index (χ1v) is 11.1. The lowest BCUT2D eigenvalue weighted by atomic mass is 10.2. The molecule has 2 aromatic carbocycles. The van der Waals surface area contributed by atoms with Crippen molar-refractivity contribution in [3.63, 3.8) is 0 Å². The molecule has 0 aliphatic rings. The number of carbonyl (C=O) groups is 1. The summed E-state index contributed by atoms with van der Waals surface area (Å²) in [5, 5.41) is 10.0. The molecule has 0 fully saturated rings. The van der Waals surface area contributed by atoms with Crippen LogP contribution >= 0.6 is 22.7 Å². The zero-order valence-corrected chi connectivity index (χ0v) is 17.9. The average Bonchev–Trinajstić information content (AvgIpc) is 3.48. The van der Waals surface area contributed by atoms with Crippen LogP contribution < -0.4 is 5.56 Å². The molecule has 0 radical (unpaired) electrons. The quantitative estimate of drug-likeness (QED) is 0.377. The average molecular weight is 447 g/mol. The van der Waals surface area contributed by atoms with Gasteiger partial charge < -0.3 is 4.74 Å². The highest BCUT2D eigenvalue weighted by atomic mass is 32.1. The number of para-hydroxylation sites is 1. The lowest BCUT2D eigenvalue weighted by Crippen LogP contribution is -2.20. The third kappa shape index (κ3) is 2.70. The number of carbonyl (C=O) groups excluding carboxylic acids is 1. The maximum Gasteiger partial charge on any atom is 0.348 e. The molecule has 31 heavy (non-hydrogen) atoms. The van der Waals surface area contributed by atoms with Gasteiger partial charge in [0.2, 0.25) is 5.78 Å². The van der Waals surface area contributed by atoms with E-state index in [4.69, 9.17) is 4.74 Å². The normalized spacial score (nSPS) is 11.8. The predicted molar refractivity (Wildman–Crippen MR) is 122 cm³/mol. The smallest absolute Gasteiger partial charge is 0.348 e. The maximum absolute atomic E-state index is 12.7. The lowest BCUT2D eigenvalue weighted by Gasteiger charge is -2.08. The van der Waals surface area contributed by atoms with Crippen LogP contribution in [0, 0.1) is 0 Å². The van der Waals surface area contributed by atoms with Crippen LogP contribution in [0.15, 0.2) is 59.4 Å². The number of benzene rings is 2. The van der Waals surface area contributed by atoms with Crippen LogP contribution in [-0.2, 0) is 18.4 Å². The van der Waals surface area contributed by atoms with Crippen molar-refractivity contribution in [3.8, 4) is 0 Å². The molecular weight excluding hydrogens is 432 g/mol. The van der Waals surface area contributed by atoms with Crippen molar-refractivity contribution < 1.29 is 9.53 Å². The molecule has 9 heteroatoms. The van der Waals surface area contributed by atoms with Crippen molar-refractivity contribution in [2.24, 2.45) is 7.05 Å². The predicted octanol–water partition coefficient (Wildman–Crippen LogP) is 4.37. The molecule has 6 rings (SSSR count). The Hall–Kier alpha value is -3.56. The van der Waals surface area contributed by atoms with Gasteiger partial charge in [0.1, 0.15) is 4.88 Å². The SMILES string of the molecule is Cn1c(=O)c2ccccc2n2c(COC(=O)c3cc4sc5ccccc5c4s3)nnc12. The van der Waals surface area contributed by atoms with Gasteiger partial charge in [-0.15, -0.1) is 32.9 Å². The zero-order chi connectivity index (χ0) is 21.1. The van der Waals surface area contributed by atoms with Crippen LogP contribution in [0.1, 0.15) is 15.5 Å². The van der Waals surface area contributed by atoms with Gasteiger partial charge in [-0.25, -0.2) is 4.79 Å². The van der Waals surface area contributed by atoms with E-state index in [2.05, 4.69) is 22.3 Å². The third-order valence-electron chi connectivity index (χ3n) is 5.28. The van der Waals surface area contributed by atoms with E-state index in [1.807, 2.05) is 36.4 Å². The summed E-state index contributed by atoms with van der Waals surface area (Å²) in [6, 6.07) is 17.3. The van der Waals surface area contributed by atoms with Crippen molar-refractivity contribution in [1.29, 1.82) is 0 Å². The van der Waals surface area contributed by atoms with E-state index >= 15 is 0 Å². The standard InChI is InChI=1S/C22H14N4O3S2/c1-25-20(27)12-6-2-4-8-14(12)26-18(23-24-22(25)26)11-29-21(28)17-10-16-19(31-17)13-7-3-5-9-15(13)30-16/h2-10H,11H2,1H3. The van der Waals surface area contributed by atoms with Crippen LogP contribution in [0.2, 0.25) is 0 Å². The molecule has 0 aliphatic heterocycles. The maximum atomic E-state index is 12.7. The molecule has 0 amide bonds. The number of thiophene rings is 2. The first-order valence-electron chi connectivity index (χ1n) is 9.52. The van der Waals surface area contributed by atoms with E-state index in [1.165, 1.54) is 20.6 Å². The van der Waals surface area contributed by atoms with Gasteiger partial charge in [0.05, 0.1) is 15.6 Å². The van der Waals surface area contributed by atoms with Crippen molar-refractivity contribution >= 4 is 64.8 Å². The number of esters is 1. The van der Waals surface area contributed by atoms with E-state index in [9.17, 15) is 9.59 Å². The molecule has 4 aromatic heterocycles. The summed E-state index contributed by atoms with van der Waals surface area (Å²) in [6.07, 6.45) is 0. The topological polar surface area (TPSA) is 78.5 Å². The van der Waals surface area contributed by atoms with Gasteiger partial charge in [0, 0.05) is 21.8 Å². The molecule has 0 atom stereocenters. The number of fused-ring (bicyclic) bond motifs is 6. The zero-order valence-electron chi connectivity index (χ0n) is 16.2. The van der Waals surface area contributed by atoms with Gasteiger partial charge in [-0.1, -0.05) is 30.3 Å². The van der Waals surface area contributed by atoms with E-state index < -0.39 is 5.97 Å². The Bertz CT molecular complexity index is 1710. The molecule has 0 spiro atoms. The molecule has 6 aromatic rings. The molecule has 0 unspecified atom stereocenters. The van der Waals surface area contributed by atoms with Crippen LogP contribution in [0.25, 0.3) is 36.2 Å².